The molecule has 1 aliphatic heterocycles. The first kappa shape index (κ1) is 15.0. The molecule has 1 aromatic carbocycles. The van der Waals surface area contributed by atoms with E-state index in [0.717, 1.165) is 37.5 Å². The van der Waals surface area contributed by atoms with Crippen molar-refractivity contribution in [3.05, 3.63) is 53.7 Å². The van der Waals surface area contributed by atoms with Gasteiger partial charge >= 0.3 is 0 Å². The summed E-state index contributed by atoms with van der Waals surface area (Å²) < 4.78 is 5.92. The molecular formula is C18H23N3O. The lowest BCUT2D eigenvalue weighted by Gasteiger charge is -2.29. The van der Waals surface area contributed by atoms with Crippen molar-refractivity contribution in [2.45, 2.75) is 19.9 Å². The maximum absolute atomic E-state index is 5.92. The number of benzene rings is 1. The highest BCUT2D eigenvalue weighted by Crippen LogP contribution is 2.41. The monoisotopic (exact) mass is 297 g/mol. The predicted octanol–water partition coefficient (Wildman–Crippen LogP) is 3.21. The summed E-state index contributed by atoms with van der Waals surface area (Å²) >= 11 is 0. The minimum absolute atomic E-state index is 0.143. The van der Waals surface area contributed by atoms with Crippen LogP contribution >= 0.6 is 0 Å². The molecule has 0 saturated carbocycles. The Morgan fingerprint density at radius 1 is 1.09 bits per heavy atom. The summed E-state index contributed by atoms with van der Waals surface area (Å²) in [5.74, 6) is 1.61. The highest BCUT2D eigenvalue weighted by molar-refractivity contribution is 5.50. The number of ether oxygens (including phenoxy) is 1. The van der Waals surface area contributed by atoms with Crippen molar-refractivity contribution in [2.24, 2.45) is 0 Å². The van der Waals surface area contributed by atoms with Crippen molar-refractivity contribution in [1.29, 1.82) is 0 Å². The number of para-hydroxylation sites is 1. The van der Waals surface area contributed by atoms with Gasteiger partial charge in [0.05, 0.1) is 6.04 Å². The molecule has 1 atom stereocenters. The highest BCUT2D eigenvalue weighted by Gasteiger charge is 2.27. The fourth-order valence-electron chi connectivity index (χ4n) is 2.92. The van der Waals surface area contributed by atoms with Crippen molar-refractivity contribution in [2.75, 3.05) is 26.2 Å². The van der Waals surface area contributed by atoms with E-state index in [9.17, 15) is 0 Å². The van der Waals surface area contributed by atoms with Gasteiger partial charge in [-0.2, -0.15) is 0 Å². The van der Waals surface area contributed by atoms with Gasteiger partial charge in [-0.3, -0.25) is 0 Å². The third-order valence-electron chi connectivity index (χ3n) is 4.22. The lowest BCUT2D eigenvalue weighted by Crippen LogP contribution is -2.35. The summed E-state index contributed by atoms with van der Waals surface area (Å²) in [5.41, 5.74) is 2.29. The average molecular weight is 297 g/mol. The molecule has 0 spiro atoms. The SMILES string of the molecule is CCN(CC)CCNC1c2ccccc2Oc2ncccc21. The second-order valence-corrected chi connectivity index (χ2v) is 5.45. The molecule has 2 aromatic rings. The molecule has 0 saturated heterocycles. The van der Waals surface area contributed by atoms with Crippen LogP contribution in [0.1, 0.15) is 31.0 Å². The number of rotatable bonds is 6. The smallest absolute Gasteiger partial charge is 0.224 e. The Morgan fingerprint density at radius 3 is 2.68 bits per heavy atom. The Morgan fingerprint density at radius 2 is 1.86 bits per heavy atom. The molecule has 116 valence electrons. The fraction of sp³-hybridized carbons (Fsp3) is 0.389. The zero-order valence-corrected chi connectivity index (χ0v) is 13.2. The van der Waals surface area contributed by atoms with Crippen LogP contribution in [0.5, 0.6) is 11.6 Å². The lowest BCUT2D eigenvalue weighted by atomic mass is 9.96. The number of nitrogens with zero attached hydrogens (tertiary/aromatic N) is 2. The van der Waals surface area contributed by atoms with Crippen LogP contribution in [-0.4, -0.2) is 36.1 Å². The highest BCUT2D eigenvalue weighted by atomic mass is 16.5. The van der Waals surface area contributed by atoms with Crippen LogP contribution in [0.15, 0.2) is 42.6 Å². The summed E-state index contributed by atoms with van der Waals surface area (Å²) in [7, 11) is 0. The largest absolute Gasteiger partial charge is 0.438 e. The van der Waals surface area contributed by atoms with E-state index in [2.05, 4.69) is 47.2 Å². The number of fused-ring (bicyclic) bond motifs is 2. The quantitative estimate of drug-likeness (QED) is 0.888. The van der Waals surface area contributed by atoms with Crippen LogP contribution in [0, 0.1) is 0 Å². The maximum atomic E-state index is 5.92. The summed E-state index contributed by atoms with van der Waals surface area (Å²) in [6, 6.07) is 12.4. The maximum Gasteiger partial charge on any atom is 0.224 e. The summed E-state index contributed by atoms with van der Waals surface area (Å²) in [6.45, 7) is 8.55. The molecule has 0 bridgehead atoms. The number of hydrogen-bond donors (Lipinski definition) is 1. The van der Waals surface area contributed by atoms with Gasteiger partial charge in [0.15, 0.2) is 0 Å². The molecule has 22 heavy (non-hydrogen) atoms. The topological polar surface area (TPSA) is 37.4 Å². The second-order valence-electron chi connectivity index (χ2n) is 5.45. The first-order chi connectivity index (χ1) is 10.8. The summed E-state index contributed by atoms with van der Waals surface area (Å²) in [6.07, 6.45) is 1.78. The van der Waals surface area contributed by atoms with Crippen LogP contribution in [0.4, 0.5) is 0 Å². The number of likely N-dealkylation sites (N-methyl/N-ethyl adjacent to an activating group) is 1. The van der Waals surface area contributed by atoms with Gasteiger partial charge in [0, 0.05) is 30.4 Å². The van der Waals surface area contributed by atoms with E-state index < -0.39 is 0 Å². The Kier molecular flexibility index (Phi) is 4.71. The van der Waals surface area contributed by atoms with Crippen molar-refractivity contribution >= 4 is 0 Å². The zero-order chi connectivity index (χ0) is 15.4. The Bertz CT molecular complexity index is 580. The first-order valence-electron chi connectivity index (χ1n) is 8.01. The first-order valence-corrected chi connectivity index (χ1v) is 8.01. The van der Waals surface area contributed by atoms with Gasteiger partial charge in [-0.1, -0.05) is 38.1 Å². The normalized spacial score (nSPS) is 16.0. The summed E-state index contributed by atoms with van der Waals surface area (Å²) in [5, 5.41) is 3.67. The van der Waals surface area contributed by atoms with Gasteiger partial charge in [0.25, 0.3) is 0 Å². The number of aromatic nitrogens is 1. The third kappa shape index (κ3) is 2.98. The van der Waals surface area contributed by atoms with Crippen LogP contribution < -0.4 is 10.1 Å². The molecule has 0 amide bonds. The third-order valence-corrected chi connectivity index (χ3v) is 4.22. The van der Waals surface area contributed by atoms with Gasteiger partial charge in [0.1, 0.15) is 5.75 Å². The van der Waals surface area contributed by atoms with Gasteiger partial charge in [-0.15, -0.1) is 0 Å². The molecule has 0 radical (unpaired) electrons. The van der Waals surface area contributed by atoms with Crippen LogP contribution in [0.2, 0.25) is 0 Å². The number of pyridine rings is 1. The molecule has 4 nitrogen and oxygen atoms in total. The van der Waals surface area contributed by atoms with Gasteiger partial charge in [-0.25, -0.2) is 4.98 Å². The average Bonchev–Trinajstić information content (AvgIpc) is 2.58. The van der Waals surface area contributed by atoms with E-state index in [1.807, 2.05) is 18.2 Å². The molecule has 1 unspecified atom stereocenters. The summed E-state index contributed by atoms with van der Waals surface area (Å²) in [4.78, 5) is 6.79. The molecular weight excluding hydrogens is 274 g/mol. The van der Waals surface area contributed by atoms with E-state index in [1.54, 1.807) is 6.20 Å². The fourth-order valence-corrected chi connectivity index (χ4v) is 2.92. The Labute approximate surface area is 132 Å². The van der Waals surface area contributed by atoms with Gasteiger partial charge in [-0.05, 0) is 25.2 Å². The molecule has 3 rings (SSSR count). The van der Waals surface area contributed by atoms with Gasteiger partial charge < -0.3 is 15.0 Å². The van der Waals surface area contributed by atoms with Crippen molar-refractivity contribution in [3.63, 3.8) is 0 Å². The molecule has 1 aliphatic rings. The molecule has 1 aromatic heterocycles. The standard InChI is InChI=1S/C18H23N3O/c1-3-21(4-2)13-12-19-17-14-8-5-6-10-16(14)22-18-15(17)9-7-11-20-18/h5-11,17,19H,3-4,12-13H2,1-2H3. The van der Waals surface area contributed by atoms with Gasteiger partial charge in [0.2, 0.25) is 5.88 Å². The van der Waals surface area contributed by atoms with E-state index in [-0.39, 0.29) is 6.04 Å². The van der Waals surface area contributed by atoms with E-state index in [4.69, 9.17) is 4.74 Å². The van der Waals surface area contributed by atoms with Crippen molar-refractivity contribution < 1.29 is 4.74 Å². The van der Waals surface area contributed by atoms with Crippen molar-refractivity contribution in [3.8, 4) is 11.6 Å². The Hall–Kier alpha value is -1.91. The molecule has 2 heterocycles. The van der Waals surface area contributed by atoms with E-state index >= 15 is 0 Å². The Balaban J connectivity index is 1.80. The molecule has 0 aliphatic carbocycles. The minimum Gasteiger partial charge on any atom is -0.438 e. The molecule has 4 heteroatoms. The zero-order valence-electron chi connectivity index (χ0n) is 13.2. The molecule has 1 N–H and O–H groups in total. The second kappa shape index (κ2) is 6.90. The van der Waals surface area contributed by atoms with Crippen LogP contribution in [-0.2, 0) is 0 Å². The van der Waals surface area contributed by atoms with Crippen LogP contribution in [0.25, 0.3) is 0 Å². The van der Waals surface area contributed by atoms with E-state index in [1.165, 1.54) is 5.56 Å². The molecule has 0 fully saturated rings. The van der Waals surface area contributed by atoms with Crippen molar-refractivity contribution in [1.82, 2.24) is 15.2 Å². The number of hydrogen-bond acceptors (Lipinski definition) is 4. The number of nitrogens with one attached hydrogen (secondary N) is 1. The predicted molar refractivity (Wildman–Crippen MR) is 88.4 cm³/mol. The lowest BCUT2D eigenvalue weighted by molar-refractivity contribution is 0.297. The minimum atomic E-state index is 0.143. The van der Waals surface area contributed by atoms with Crippen LogP contribution in [0.3, 0.4) is 0 Å². The van der Waals surface area contributed by atoms with E-state index in [0.29, 0.717) is 5.88 Å².